The molecule has 5 heteroatoms. The second-order valence-electron chi connectivity index (χ2n) is 4.88. The van der Waals surface area contributed by atoms with Crippen LogP contribution in [0.1, 0.15) is 37.4 Å². The van der Waals surface area contributed by atoms with Gasteiger partial charge in [-0.1, -0.05) is 13.0 Å². The molecule has 0 saturated heterocycles. The molecule has 0 bridgehead atoms. The van der Waals surface area contributed by atoms with E-state index >= 15 is 0 Å². The number of hydrogen-bond donors (Lipinski definition) is 1. The lowest BCUT2D eigenvalue weighted by Gasteiger charge is -2.10. The van der Waals surface area contributed by atoms with Gasteiger partial charge in [-0.3, -0.25) is 4.68 Å². The van der Waals surface area contributed by atoms with Gasteiger partial charge in [-0.15, -0.1) is 0 Å². The standard InChI is InChI=1S/C15H19F2N3/c1-3-6-18-11(2)13-8-19-20(10-13)9-12-4-5-14(16)7-15(12)17/h4-5,7-8,10-11,18H,3,6,9H2,1-2H3. The van der Waals surface area contributed by atoms with Gasteiger partial charge in [-0.05, 0) is 26.0 Å². The fraction of sp³-hybridized carbons (Fsp3) is 0.400. The van der Waals surface area contributed by atoms with E-state index < -0.39 is 11.6 Å². The minimum Gasteiger partial charge on any atom is -0.310 e. The summed E-state index contributed by atoms with van der Waals surface area (Å²) in [6, 6.07) is 3.81. The molecular formula is C15H19F2N3. The number of aromatic nitrogens is 2. The molecule has 0 aliphatic carbocycles. The second-order valence-corrected chi connectivity index (χ2v) is 4.88. The molecule has 1 N–H and O–H groups in total. The first-order valence-corrected chi connectivity index (χ1v) is 6.79. The van der Waals surface area contributed by atoms with Crippen LogP contribution in [-0.4, -0.2) is 16.3 Å². The van der Waals surface area contributed by atoms with Gasteiger partial charge in [0, 0.05) is 29.4 Å². The summed E-state index contributed by atoms with van der Waals surface area (Å²) in [5.74, 6) is -1.11. The quantitative estimate of drug-likeness (QED) is 0.879. The molecule has 0 saturated carbocycles. The van der Waals surface area contributed by atoms with Gasteiger partial charge < -0.3 is 5.32 Å². The molecule has 0 radical (unpaired) electrons. The maximum absolute atomic E-state index is 13.6. The molecule has 2 aromatic rings. The third kappa shape index (κ3) is 3.63. The van der Waals surface area contributed by atoms with Crippen LogP contribution >= 0.6 is 0 Å². The van der Waals surface area contributed by atoms with Gasteiger partial charge in [0.05, 0.1) is 12.7 Å². The predicted octanol–water partition coefficient (Wildman–Crippen LogP) is 3.27. The van der Waals surface area contributed by atoms with Crippen molar-refractivity contribution in [2.45, 2.75) is 32.9 Å². The number of rotatable bonds is 6. The molecule has 1 atom stereocenters. The summed E-state index contributed by atoms with van der Waals surface area (Å²) in [6.07, 6.45) is 4.73. The Morgan fingerprint density at radius 2 is 2.15 bits per heavy atom. The van der Waals surface area contributed by atoms with Crippen molar-refractivity contribution in [2.75, 3.05) is 6.54 Å². The summed E-state index contributed by atoms with van der Waals surface area (Å²) in [5.41, 5.74) is 1.48. The highest BCUT2D eigenvalue weighted by atomic mass is 19.1. The van der Waals surface area contributed by atoms with Crippen molar-refractivity contribution in [3.8, 4) is 0 Å². The summed E-state index contributed by atoms with van der Waals surface area (Å²) in [7, 11) is 0. The van der Waals surface area contributed by atoms with Crippen molar-refractivity contribution >= 4 is 0 Å². The average molecular weight is 279 g/mol. The summed E-state index contributed by atoms with van der Waals surface area (Å²) in [4.78, 5) is 0. The van der Waals surface area contributed by atoms with E-state index in [9.17, 15) is 8.78 Å². The third-order valence-electron chi connectivity index (χ3n) is 3.20. The van der Waals surface area contributed by atoms with Gasteiger partial charge in [0.25, 0.3) is 0 Å². The molecule has 2 rings (SSSR count). The first kappa shape index (κ1) is 14.7. The summed E-state index contributed by atoms with van der Waals surface area (Å²) >= 11 is 0. The lowest BCUT2D eigenvalue weighted by atomic mass is 10.2. The van der Waals surface area contributed by atoms with Gasteiger partial charge in [0.15, 0.2) is 0 Å². The third-order valence-corrected chi connectivity index (χ3v) is 3.20. The number of nitrogens with one attached hydrogen (secondary N) is 1. The van der Waals surface area contributed by atoms with Crippen LogP contribution in [0.3, 0.4) is 0 Å². The molecule has 1 aromatic heterocycles. The zero-order chi connectivity index (χ0) is 14.5. The normalized spacial score (nSPS) is 12.6. The van der Waals surface area contributed by atoms with E-state index in [1.54, 1.807) is 10.9 Å². The molecule has 3 nitrogen and oxygen atoms in total. The highest BCUT2D eigenvalue weighted by Gasteiger charge is 2.09. The maximum atomic E-state index is 13.6. The first-order chi connectivity index (χ1) is 9.60. The van der Waals surface area contributed by atoms with E-state index in [-0.39, 0.29) is 6.04 Å². The molecule has 0 amide bonds. The van der Waals surface area contributed by atoms with Crippen LogP contribution in [0.5, 0.6) is 0 Å². The second kappa shape index (κ2) is 6.61. The molecule has 0 spiro atoms. The molecule has 0 aliphatic heterocycles. The Kier molecular flexibility index (Phi) is 4.84. The van der Waals surface area contributed by atoms with Crippen LogP contribution < -0.4 is 5.32 Å². The van der Waals surface area contributed by atoms with E-state index in [1.807, 2.05) is 6.20 Å². The molecule has 0 aliphatic rings. The smallest absolute Gasteiger partial charge is 0.131 e. The fourth-order valence-corrected chi connectivity index (χ4v) is 1.99. The lowest BCUT2D eigenvalue weighted by Crippen LogP contribution is -2.18. The summed E-state index contributed by atoms with van der Waals surface area (Å²) < 4.78 is 28.1. The Balaban J connectivity index is 2.05. The van der Waals surface area contributed by atoms with Crippen molar-refractivity contribution in [2.24, 2.45) is 0 Å². The summed E-state index contributed by atoms with van der Waals surface area (Å²) in [5, 5.41) is 7.59. The van der Waals surface area contributed by atoms with Crippen LogP contribution in [0.2, 0.25) is 0 Å². The lowest BCUT2D eigenvalue weighted by molar-refractivity contribution is 0.556. The monoisotopic (exact) mass is 279 g/mol. The molecule has 1 unspecified atom stereocenters. The first-order valence-electron chi connectivity index (χ1n) is 6.79. The Hall–Kier alpha value is -1.75. The van der Waals surface area contributed by atoms with Gasteiger partial charge in [0.1, 0.15) is 11.6 Å². The van der Waals surface area contributed by atoms with Crippen molar-refractivity contribution < 1.29 is 8.78 Å². The van der Waals surface area contributed by atoms with Crippen LogP contribution in [0.25, 0.3) is 0 Å². The highest BCUT2D eigenvalue weighted by Crippen LogP contribution is 2.14. The largest absolute Gasteiger partial charge is 0.310 e. The topological polar surface area (TPSA) is 29.9 Å². The van der Waals surface area contributed by atoms with Crippen molar-refractivity contribution in [1.29, 1.82) is 0 Å². The van der Waals surface area contributed by atoms with Crippen LogP contribution in [0.15, 0.2) is 30.6 Å². The Morgan fingerprint density at radius 1 is 1.35 bits per heavy atom. The van der Waals surface area contributed by atoms with E-state index in [1.165, 1.54) is 12.1 Å². The predicted molar refractivity (Wildman–Crippen MR) is 74.4 cm³/mol. The number of hydrogen-bond acceptors (Lipinski definition) is 2. The van der Waals surface area contributed by atoms with Gasteiger partial charge in [0.2, 0.25) is 0 Å². The van der Waals surface area contributed by atoms with Crippen LogP contribution in [0.4, 0.5) is 8.78 Å². The minimum absolute atomic E-state index is 0.210. The van der Waals surface area contributed by atoms with E-state index in [2.05, 4.69) is 24.3 Å². The Labute approximate surface area is 117 Å². The summed E-state index contributed by atoms with van der Waals surface area (Å²) in [6.45, 7) is 5.42. The van der Waals surface area contributed by atoms with Crippen molar-refractivity contribution in [3.63, 3.8) is 0 Å². The SMILES string of the molecule is CCCNC(C)c1cnn(Cc2ccc(F)cc2F)c1. The molecule has 1 heterocycles. The fourth-order valence-electron chi connectivity index (χ4n) is 1.99. The van der Waals surface area contributed by atoms with Gasteiger partial charge in [-0.25, -0.2) is 8.78 Å². The molecule has 20 heavy (non-hydrogen) atoms. The van der Waals surface area contributed by atoms with E-state index in [0.29, 0.717) is 12.1 Å². The average Bonchev–Trinajstić information content (AvgIpc) is 2.88. The van der Waals surface area contributed by atoms with Gasteiger partial charge in [-0.2, -0.15) is 5.10 Å². The maximum Gasteiger partial charge on any atom is 0.131 e. The Bertz CT molecular complexity index is 566. The molecular weight excluding hydrogens is 260 g/mol. The zero-order valence-electron chi connectivity index (χ0n) is 11.7. The number of nitrogens with zero attached hydrogens (tertiary/aromatic N) is 2. The van der Waals surface area contributed by atoms with E-state index in [0.717, 1.165) is 24.6 Å². The number of halogens is 2. The number of benzene rings is 1. The zero-order valence-corrected chi connectivity index (χ0v) is 11.7. The van der Waals surface area contributed by atoms with Crippen LogP contribution in [0, 0.1) is 11.6 Å². The van der Waals surface area contributed by atoms with Gasteiger partial charge >= 0.3 is 0 Å². The highest BCUT2D eigenvalue weighted by molar-refractivity contribution is 5.19. The molecule has 0 fully saturated rings. The molecule has 1 aromatic carbocycles. The van der Waals surface area contributed by atoms with Crippen molar-refractivity contribution in [3.05, 3.63) is 53.4 Å². The van der Waals surface area contributed by atoms with E-state index in [4.69, 9.17) is 0 Å². The minimum atomic E-state index is -0.565. The molecule has 108 valence electrons. The van der Waals surface area contributed by atoms with Crippen LogP contribution in [-0.2, 0) is 6.54 Å². The Morgan fingerprint density at radius 3 is 2.85 bits per heavy atom. The van der Waals surface area contributed by atoms with Crippen molar-refractivity contribution in [1.82, 2.24) is 15.1 Å².